The van der Waals surface area contributed by atoms with Crippen LogP contribution in [0.25, 0.3) is 0 Å². The average Bonchev–Trinajstić information content (AvgIpc) is 2.44. The molecule has 20 heavy (non-hydrogen) atoms. The molecular weight excluding hydrogens is 250 g/mol. The van der Waals surface area contributed by atoms with Crippen LogP contribution in [0.2, 0.25) is 0 Å². The van der Waals surface area contributed by atoms with Gasteiger partial charge < -0.3 is 14.8 Å². The summed E-state index contributed by atoms with van der Waals surface area (Å²) in [6, 6.07) is 8.30. The summed E-state index contributed by atoms with van der Waals surface area (Å²) in [6.07, 6.45) is 2.09. The van der Waals surface area contributed by atoms with E-state index < -0.39 is 0 Å². The summed E-state index contributed by atoms with van der Waals surface area (Å²) in [5.74, 6) is 1.58. The number of benzene rings is 1. The quantitative estimate of drug-likeness (QED) is 0.627. The van der Waals surface area contributed by atoms with E-state index in [9.17, 15) is 0 Å². The molecule has 1 aromatic rings. The van der Waals surface area contributed by atoms with Crippen molar-refractivity contribution in [2.24, 2.45) is 5.92 Å². The van der Waals surface area contributed by atoms with Gasteiger partial charge in [0.15, 0.2) is 0 Å². The number of ether oxygens (including phenoxy) is 2. The van der Waals surface area contributed by atoms with Crippen LogP contribution in [0, 0.1) is 5.92 Å². The van der Waals surface area contributed by atoms with Crippen molar-refractivity contribution in [3.63, 3.8) is 0 Å². The lowest BCUT2D eigenvalue weighted by molar-refractivity contribution is 0.108. The standard InChI is InChI=1S/C17H29NO2/c1-4-10-20-17-8-5-7-16(12-17)13-18-9-6-11-19-14-15(2)3/h5,7-8,12,15,18H,4,6,9-11,13-14H2,1-3H3. The average molecular weight is 279 g/mol. The molecule has 0 atom stereocenters. The zero-order valence-corrected chi connectivity index (χ0v) is 13.2. The van der Waals surface area contributed by atoms with Crippen LogP contribution in [0.15, 0.2) is 24.3 Å². The first-order chi connectivity index (χ1) is 9.72. The molecule has 0 bridgehead atoms. The van der Waals surface area contributed by atoms with Crippen LogP contribution in [0.5, 0.6) is 5.75 Å². The third-order valence-electron chi connectivity index (χ3n) is 2.79. The van der Waals surface area contributed by atoms with Crippen molar-refractivity contribution in [2.75, 3.05) is 26.4 Å². The number of rotatable bonds is 11. The molecule has 3 heteroatoms. The zero-order valence-electron chi connectivity index (χ0n) is 13.2. The van der Waals surface area contributed by atoms with Gasteiger partial charge in [-0.2, -0.15) is 0 Å². The van der Waals surface area contributed by atoms with E-state index in [1.165, 1.54) is 5.56 Å². The SMILES string of the molecule is CCCOc1cccc(CNCCCOCC(C)C)c1. The van der Waals surface area contributed by atoms with Gasteiger partial charge >= 0.3 is 0 Å². The van der Waals surface area contributed by atoms with Crippen molar-refractivity contribution in [3.05, 3.63) is 29.8 Å². The first-order valence-corrected chi connectivity index (χ1v) is 7.72. The summed E-state index contributed by atoms with van der Waals surface area (Å²) in [5, 5.41) is 3.44. The lowest BCUT2D eigenvalue weighted by Crippen LogP contribution is -2.17. The third kappa shape index (κ3) is 8.18. The molecule has 0 aliphatic heterocycles. The molecule has 114 valence electrons. The molecule has 0 fully saturated rings. The second-order valence-corrected chi connectivity index (χ2v) is 5.49. The Morgan fingerprint density at radius 3 is 2.80 bits per heavy atom. The first-order valence-electron chi connectivity index (χ1n) is 7.72. The smallest absolute Gasteiger partial charge is 0.119 e. The lowest BCUT2D eigenvalue weighted by Gasteiger charge is -2.09. The van der Waals surface area contributed by atoms with Crippen LogP contribution in [-0.2, 0) is 11.3 Å². The summed E-state index contributed by atoms with van der Waals surface area (Å²) in [5.41, 5.74) is 1.27. The van der Waals surface area contributed by atoms with Gasteiger partial charge in [-0.3, -0.25) is 0 Å². The van der Waals surface area contributed by atoms with Gasteiger partial charge in [-0.1, -0.05) is 32.9 Å². The molecule has 0 radical (unpaired) electrons. The van der Waals surface area contributed by atoms with Crippen LogP contribution in [0.3, 0.4) is 0 Å². The minimum absolute atomic E-state index is 0.619. The Balaban J connectivity index is 2.12. The molecule has 0 spiro atoms. The second kappa shape index (κ2) is 10.7. The minimum atomic E-state index is 0.619. The van der Waals surface area contributed by atoms with E-state index in [2.05, 4.69) is 38.2 Å². The van der Waals surface area contributed by atoms with Crippen molar-refractivity contribution in [3.8, 4) is 5.75 Å². The van der Waals surface area contributed by atoms with E-state index in [0.717, 1.165) is 51.5 Å². The van der Waals surface area contributed by atoms with Crippen molar-refractivity contribution in [1.29, 1.82) is 0 Å². The third-order valence-corrected chi connectivity index (χ3v) is 2.79. The summed E-state index contributed by atoms with van der Waals surface area (Å²) in [7, 11) is 0. The fourth-order valence-electron chi connectivity index (χ4n) is 1.82. The molecule has 0 aromatic heterocycles. The van der Waals surface area contributed by atoms with Gasteiger partial charge in [0.1, 0.15) is 5.75 Å². The summed E-state index contributed by atoms with van der Waals surface area (Å²) in [6.45, 7) is 10.8. The van der Waals surface area contributed by atoms with Crippen LogP contribution in [0.1, 0.15) is 39.2 Å². The zero-order chi connectivity index (χ0) is 14.6. The van der Waals surface area contributed by atoms with Gasteiger partial charge in [0.2, 0.25) is 0 Å². The summed E-state index contributed by atoms with van der Waals surface area (Å²) < 4.78 is 11.2. The second-order valence-electron chi connectivity index (χ2n) is 5.49. The Kier molecular flexibility index (Phi) is 9.09. The Morgan fingerprint density at radius 2 is 2.05 bits per heavy atom. The van der Waals surface area contributed by atoms with Crippen molar-refractivity contribution in [2.45, 2.75) is 40.2 Å². The number of nitrogens with one attached hydrogen (secondary N) is 1. The van der Waals surface area contributed by atoms with Gasteiger partial charge in [-0.25, -0.2) is 0 Å². The molecular formula is C17H29NO2. The molecule has 0 heterocycles. The highest BCUT2D eigenvalue weighted by Gasteiger charge is 1.97. The van der Waals surface area contributed by atoms with Crippen LogP contribution < -0.4 is 10.1 Å². The van der Waals surface area contributed by atoms with Crippen LogP contribution in [-0.4, -0.2) is 26.4 Å². The summed E-state index contributed by atoms with van der Waals surface area (Å²) in [4.78, 5) is 0. The molecule has 3 nitrogen and oxygen atoms in total. The maximum absolute atomic E-state index is 5.63. The molecule has 1 N–H and O–H groups in total. The lowest BCUT2D eigenvalue weighted by atomic mass is 10.2. The van der Waals surface area contributed by atoms with E-state index in [1.807, 2.05) is 12.1 Å². The number of hydrogen-bond donors (Lipinski definition) is 1. The summed E-state index contributed by atoms with van der Waals surface area (Å²) >= 11 is 0. The highest BCUT2D eigenvalue weighted by Crippen LogP contribution is 2.13. The monoisotopic (exact) mass is 279 g/mol. The van der Waals surface area contributed by atoms with Gasteiger partial charge in [0.05, 0.1) is 6.61 Å². The molecule has 0 amide bonds. The van der Waals surface area contributed by atoms with Crippen molar-refractivity contribution >= 4 is 0 Å². The maximum Gasteiger partial charge on any atom is 0.119 e. The topological polar surface area (TPSA) is 30.5 Å². The molecule has 0 unspecified atom stereocenters. The normalized spacial score (nSPS) is 11.0. The fourth-order valence-corrected chi connectivity index (χ4v) is 1.82. The molecule has 0 aliphatic carbocycles. The van der Waals surface area contributed by atoms with Crippen molar-refractivity contribution in [1.82, 2.24) is 5.32 Å². The molecule has 0 saturated heterocycles. The molecule has 1 rings (SSSR count). The fraction of sp³-hybridized carbons (Fsp3) is 0.647. The van der Waals surface area contributed by atoms with E-state index in [1.54, 1.807) is 0 Å². The van der Waals surface area contributed by atoms with Gasteiger partial charge in [0, 0.05) is 19.8 Å². The highest BCUT2D eigenvalue weighted by molar-refractivity contribution is 5.28. The number of hydrogen-bond acceptors (Lipinski definition) is 3. The molecule has 0 aliphatic rings. The van der Waals surface area contributed by atoms with E-state index in [0.29, 0.717) is 5.92 Å². The van der Waals surface area contributed by atoms with Gasteiger partial charge in [-0.15, -0.1) is 0 Å². The first kappa shape index (κ1) is 17.0. The predicted octanol–water partition coefficient (Wildman–Crippen LogP) is 3.63. The predicted molar refractivity (Wildman–Crippen MR) is 84.2 cm³/mol. The maximum atomic E-state index is 5.63. The Morgan fingerprint density at radius 1 is 1.20 bits per heavy atom. The van der Waals surface area contributed by atoms with E-state index >= 15 is 0 Å². The van der Waals surface area contributed by atoms with E-state index in [4.69, 9.17) is 9.47 Å². The Labute approximate surface area is 123 Å². The highest BCUT2D eigenvalue weighted by atomic mass is 16.5. The van der Waals surface area contributed by atoms with Crippen LogP contribution in [0.4, 0.5) is 0 Å². The molecule has 0 saturated carbocycles. The Hall–Kier alpha value is -1.06. The molecule has 1 aromatic carbocycles. The van der Waals surface area contributed by atoms with Crippen LogP contribution >= 0.6 is 0 Å². The van der Waals surface area contributed by atoms with E-state index in [-0.39, 0.29) is 0 Å². The minimum Gasteiger partial charge on any atom is -0.494 e. The van der Waals surface area contributed by atoms with Gasteiger partial charge in [0.25, 0.3) is 0 Å². The van der Waals surface area contributed by atoms with Crippen molar-refractivity contribution < 1.29 is 9.47 Å². The van der Waals surface area contributed by atoms with Gasteiger partial charge in [-0.05, 0) is 43.0 Å². The Bertz CT molecular complexity index is 353. The largest absolute Gasteiger partial charge is 0.494 e.